The zero-order chi connectivity index (χ0) is 28.0. The lowest BCUT2D eigenvalue weighted by Crippen LogP contribution is -2.39. The minimum atomic E-state index is -0.468. The van der Waals surface area contributed by atoms with Crippen LogP contribution < -0.4 is 4.74 Å². The third kappa shape index (κ3) is 12.6. The Morgan fingerprint density at radius 3 is 1.57 bits per heavy atom. The van der Waals surface area contributed by atoms with Gasteiger partial charge in [-0.2, -0.15) is 0 Å². The summed E-state index contributed by atoms with van der Waals surface area (Å²) in [5, 5.41) is 1.00. The average molecular weight is 514 g/mol. The maximum Gasteiger partial charge on any atom is 0.331 e. The molecule has 1 unspecified atom stereocenters. The molecule has 0 amide bonds. The van der Waals surface area contributed by atoms with Gasteiger partial charge in [0, 0.05) is 5.23 Å². The van der Waals surface area contributed by atoms with Crippen molar-refractivity contribution in [2.45, 2.75) is 80.7 Å². The van der Waals surface area contributed by atoms with Gasteiger partial charge in [-0.3, -0.25) is 4.79 Å². The Bertz CT molecular complexity index is 932. The molecule has 0 radical (unpaired) electrons. The van der Waals surface area contributed by atoms with Gasteiger partial charge >= 0.3 is 17.9 Å². The van der Waals surface area contributed by atoms with E-state index >= 15 is 0 Å². The van der Waals surface area contributed by atoms with Crippen LogP contribution in [0.5, 0.6) is 5.75 Å². The highest BCUT2D eigenvalue weighted by molar-refractivity contribution is 5.74. The number of ether oxygens (including phenoxy) is 1. The van der Waals surface area contributed by atoms with E-state index < -0.39 is 11.9 Å². The van der Waals surface area contributed by atoms with Crippen molar-refractivity contribution in [2.24, 2.45) is 17.8 Å². The second-order valence-electron chi connectivity index (χ2n) is 9.86. The molecule has 0 aliphatic heterocycles. The molecule has 1 atom stereocenters. The van der Waals surface area contributed by atoms with E-state index in [0.717, 1.165) is 17.2 Å². The standard InChI is InChI=1S/C22H33NO6.C8H10/c1-14(2)20(24)27-19-12-10-18(11-13-19)9-8-17(7)23(28-21(25)15(3)4)29-22(26)16(5)6;1-2-8-6-4-3-5-7-8/h10-17H,8-9H2,1-7H3;3-7H,2H2,1H3. The van der Waals surface area contributed by atoms with Crippen molar-refractivity contribution in [3.63, 3.8) is 0 Å². The molecule has 0 aromatic heterocycles. The van der Waals surface area contributed by atoms with Crippen LogP contribution in [0, 0.1) is 17.8 Å². The third-order valence-corrected chi connectivity index (χ3v) is 5.38. The summed E-state index contributed by atoms with van der Waals surface area (Å²) in [4.78, 5) is 46.1. The molecule has 0 aliphatic carbocycles. The van der Waals surface area contributed by atoms with Crippen molar-refractivity contribution in [3.8, 4) is 5.75 Å². The van der Waals surface area contributed by atoms with E-state index in [0.29, 0.717) is 18.6 Å². The van der Waals surface area contributed by atoms with Crippen LogP contribution in [0.3, 0.4) is 0 Å². The fourth-order valence-electron chi connectivity index (χ4n) is 2.74. The zero-order valence-corrected chi connectivity index (χ0v) is 23.5. The van der Waals surface area contributed by atoms with Crippen LogP contribution in [-0.2, 0) is 36.9 Å². The number of hydrogen-bond acceptors (Lipinski definition) is 7. The smallest absolute Gasteiger partial charge is 0.331 e. The first-order valence-electron chi connectivity index (χ1n) is 13.0. The van der Waals surface area contributed by atoms with Crippen LogP contribution in [-0.4, -0.2) is 29.2 Å². The van der Waals surface area contributed by atoms with Crippen LogP contribution in [0.2, 0.25) is 0 Å². The quantitative estimate of drug-likeness (QED) is 0.197. The van der Waals surface area contributed by atoms with Crippen LogP contribution in [0.25, 0.3) is 0 Å². The number of hydrogen-bond donors (Lipinski definition) is 0. The van der Waals surface area contributed by atoms with Gasteiger partial charge in [-0.25, -0.2) is 9.59 Å². The number of carbonyl (C=O) groups is 3. The summed E-state index contributed by atoms with van der Waals surface area (Å²) >= 11 is 0. The summed E-state index contributed by atoms with van der Waals surface area (Å²) in [6, 6.07) is 17.4. The van der Waals surface area contributed by atoms with Gasteiger partial charge in [0.05, 0.1) is 23.8 Å². The molecule has 204 valence electrons. The minimum Gasteiger partial charge on any atom is -0.426 e. The maximum absolute atomic E-state index is 12.0. The molecule has 0 fully saturated rings. The maximum atomic E-state index is 12.0. The Morgan fingerprint density at radius 1 is 0.676 bits per heavy atom. The molecule has 0 saturated heterocycles. The molecule has 7 heteroatoms. The highest BCUT2D eigenvalue weighted by Crippen LogP contribution is 2.18. The first kappa shape index (κ1) is 31.8. The molecule has 2 aromatic rings. The van der Waals surface area contributed by atoms with E-state index in [4.69, 9.17) is 14.4 Å². The highest BCUT2D eigenvalue weighted by Gasteiger charge is 2.26. The van der Waals surface area contributed by atoms with E-state index in [2.05, 4.69) is 31.2 Å². The van der Waals surface area contributed by atoms with Crippen molar-refractivity contribution in [1.82, 2.24) is 5.23 Å². The second-order valence-corrected chi connectivity index (χ2v) is 9.86. The molecule has 37 heavy (non-hydrogen) atoms. The van der Waals surface area contributed by atoms with Gasteiger partial charge in [0.25, 0.3) is 0 Å². The average Bonchev–Trinajstić information content (AvgIpc) is 2.88. The molecule has 0 saturated carbocycles. The number of hydroxylamine groups is 2. The Hall–Kier alpha value is -3.19. The molecule has 0 aliphatic rings. The summed E-state index contributed by atoms with van der Waals surface area (Å²) in [5.74, 6) is -1.59. The van der Waals surface area contributed by atoms with Gasteiger partial charge in [-0.1, -0.05) is 90.9 Å². The normalized spacial score (nSPS) is 11.7. The lowest BCUT2D eigenvalue weighted by molar-refractivity contribution is -0.345. The summed E-state index contributed by atoms with van der Waals surface area (Å²) in [5.41, 5.74) is 2.43. The lowest BCUT2D eigenvalue weighted by atomic mass is 10.1. The highest BCUT2D eigenvalue weighted by atomic mass is 17.0. The summed E-state index contributed by atoms with van der Waals surface area (Å²) in [6.45, 7) is 14.4. The largest absolute Gasteiger partial charge is 0.426 e. The van der Waals surface area contributed by atoms with Crippen molar-refractivity contribution in [2.75, 3.05) is 0 Å². The number of aryl methyl sites for hydroxylation is 2. The molecule has 2 aromatic carbocycles. The predicted molar refractivity (Wildman–Crippen MR) is 144 cm³/mol. The van der Waals surface area contributed by atoms with Crippen molar-refractivity contribution in [3.05, 3.63) is 65.7 Å². The van der Waals surface area contributed by atoms with Crippen molar-refractivity contribution < 1.29 is 28.8 Å². The van der Waals surface area contributed by atoms with Crippen molar-refractivity contribution in [1.29, 1.82) is 0 Å². The fraction of sp³-hybridized carbons (Fsp3) is 0.500. The Morgan fingerprint density at radius 2 is 1.16 bits per heavy atom. The zero-order valence-electron chi connectivity index (χ0n) is 23.5. The topological polar surface area (TPSA) is 82.1 Å². The minimum absolute atomic E-state index is 0.191. The van der Waals surface area contributed by atoms with Gasteiger partial charge in [-0.15, -0.1) is 0 Å². The van der Waals surface area contributed by atoms with Gasteiger partial charge in [0.2, 0.25) is 0 Å². The molecular weight excluding hydrogens is 470 g/mol. The first-order chi connectivity index (χ1) is 17.4. The van der Waals surface area contributed by atoms with E-state index in [9.17, 15) is 14.4 Å². The van der Waals surface area contributed by atoms with Gasteiger partial charge < -0.3 is 14.4 Å². The summed E-state index contributed by atoms with van der Waals surface area (Å²) in [7, 11) is 0. The van der Waals surface area contributed by atoms with E-state index in [-0.39, 0.29) is 29.8 Å². The molecule has 0 spiro atoms. The fourth-order valence-corrected chi connectivity index (χ4v) is 2.74. The summed E-state index contributed by atoms with van der Waals surface area (Å²) in [6.07, 6.45) is 2.39. The summed E-state index contributed by atoms with van der Waals surface area (Å²) < 4.78 is 5.26. The molecule has 0 heterocycles. The Balaban J connectivity index is 0.000000722. The number of benzene rings is 2. The van der Waals surface area contributed by atoms with Gasteiger partial charge in [-0.05, 0) is 49.4 Å². The number of carbonyl (C=O) groups excluding carboxylic acids is 3. The van der Waals surface area contributed by atoms with Crippen LogP contribution in [0.4, 0.5) is 0 Å². The molecule has 7 nitrogen and oxygen atoms in total. The van der Waals surface area contributed by atoms with Crippen LogP contribution >= 0.6 is 0 Å². The molecule has 0 bridgehead atoms. The van der Waals surface area contributed by atoms with Crippen LogP contribution in [0.1, 0.15) is 72.9 Å². The Labute approximate surface area is 222 Å². The monoisotopic (exact) mass is 513 g/mol. The van der Waals surface area contributed by atoms with E-state index in [1.54, 1.807) is 53.7 Å². The molecule has 0 N–H and O–H groups in total. The predicted octanol–water partition coefficient (Wildman–Crippen LogP) is 6.35. The SMILES string of the molecule is CC(C)C(=O)Oc1ccc(CCC(C)N(OC(=O)C(C)C)OC(=O)C(C)C)cc1.CCc1ccccc1. The third-order valence-electron chi connectivity index (χ3n) is 5.38. The van der Waals surface area contributed by atoms with E-state index in [1.165, 1.54) is 5.56 Å². The lowest BCUT2D eigenvalue weighted by Gasteiger charge is -2.26. The van der Waals surface area contributed by atoms with Gasteiger partial charge in [0.15, 0.2) is 0 Å². The molecular formula is C30H43NO6. The molecule has 2 rings (SSSR count). The van der Waals surface area contributed by atoms with E-state index in [1.807, 2.05) is 25.1 Å². The number of esters is 1. The van der Waals surface area contributed by atoms with Crippen molar-refractivity contribution >= 4 is 17.9 Å². The first-order valence-corrected chi connectivity index (χ1v) is 13.0. The van der Waals surface area contributed by atoms with Gasteiger partial charge in [0.1, 0.15) is 5.75 Å². The number of rotatable bonds is 11. The second kappa shape index (κ2) is 16.5. The van der Waals surface area contributed by atoms with Crippen LogP contribution in [0.15, 0.2) is 54.6 Å². The number of nitrogens with zero attached hydrogens (tertiary/aromatic N) is 1. The Kier molecular flexibility index (Phi) is 14.2.